The van der Waals surface area contributed by atoms with E-state index in [4.69, 9.17) is 34.8 Å². The summed E-state index contributed by atoms with van der Waals surface area (Å²) >= 11 is 19.2. The van der Waals surface area contributed by atoms with E-state index >= 15 is 0 Å². The molecule has 0 fully saturated rings. The van der Waals surface area contributed by atoms with Crippen molar-refractivity contribution in [2.75, 3.05) is 17.4 Å². The Balaban J connectivity index is 1.84. The maximum atomic E-state index is 14.6. The Hall–Kier alpha value is -3.56. The van der Waals surface area contributed by atoms with E-state index < -0.39 is 28.5 Å². The number of carbonyl (C=O) groups is 2. The molecule has 0 aromatic heterocycles. The molecular weight excluding hydrogens is 677 g/mol. The molecule has 0 aliphatic carbocycles. The molecule has 0 aliphatic rings. The van der Waals surface area contributed by atoms with E-state index in [-0.39, 0.29) is 29.5 Å². The molecule has 1 N–H and O–H groups in total. The molecule has 0 saturated heterocycles. The summed E-state index contributed by atoms with van der Waals surface area (Å²) in [7, 11) is -4.26. The second-order valence-electron chi connectivity index (χ2n) is 11.3. The van der Waals surface area contributed by atoms with Crippen molar-refractivity contribution in [3.63, 3.8) is 0 Å². The van der Waals surface area contributed by atoms with Crippen molar-refractivity contribution in [3.05, 3.63) is 128 Å². The van der Waals surface area contributed by atoms with Crippen LogP contribution in [0.15, 0.2) is 95.9 Å². The smallest absolute Gasteiger partial charge is 0.264 e. The number of carbonyl (C=O) groups excluding carboxylic acids is 2. The minimum absolute atomic E-state index is 0.0146. The third kappa shape index (κ3) is 9.29. The lowest BCUT2D eigenvalue weighted by atomic mass is 10.0. The summed E-state index contributed by atoms with van der Waals surface area (Å²) in [6, 6.07) is 24.6. The molecule has 0 saturated carbocycles. The van der Waals surface area contributed by atoms with Crippen LogP contribution in [-0.4, -0.2) is 44.3 Å². The molecule has 47 heavy (non-hydrogen) atoms. The van der Waals surface area contributed by atoms with Gasteiger partial charge in [-0.3, -0.25) is 13.9 Å². The van der Waals surface area contributed by atoms with E-state index in [9.17, 15) is 18.0 Å². The maximum absolute atomic E-state index is 14.6. The molecule has 0 spiro atoms. The van der Waals surface area contributed by atoms with Gasteiger partial charge in [-0.05, 0) is 73.4 Å². The first-order chi connectivity index (χ1) is 22.4. The Kier molecular flexibility index (Phi) is 12.7. The number of benzene rings is 4. The minimum Gasteiger partial charge on any atom is -0.354 e. The zero-order chi connectivity index (χ0) is 34.1. The van der Waals surface area contributed by atoms with Crippen LogP contribution in [0.4, 0.5) is 5.69 Å². The SMILES string of the molecule is CCCCNC(=O)[C@H](Cc1ccccc1)N(Cc1ccc(Cl)cc1Cl)C(=O)CN(c1cccc(Cl)c1C)S(=O)(=O)c1ccc(C)cc1. The van der Waals surface area contributed by atoms with Crippen molar-refractivity contribution < 1.29 is 18.0 Å². The number of sulfonamides is 1. The van der Waals surface area contributed by atoms with Crippen molar-refractivity contribution in [3.8, 4) is 0 Å². The number of rotatable bonds is 14. The van der Waals surface area contributed by atoms with Crippen LogP contribution in [0.3, 0.4) is 0 Å². The summed E-state index contributed by atoms with van der Waals surface area (Å²) in [5.74, 6) is -0.953. The quantitative estimate of drug-likeness (QED) is 0.134. The second kappa shape index (κ2) is 16.5. The number of nitrogens with one attached hydrogen (secondary N) is 1. The van der Waals surface area contributed by atoms with Crippen molar-refractivity contribution >= 4 is 62.3 Å². The van der Waals surface area contributed by atoms with Gasteiger partial charge in [0, 0.05) is 34.6 Å². The second-order valence-corrected chi connectivity index (χ2v) is 14.4. The molecule has 0 aliphatic heterocycles. The van der Waals surface area contributed by atoms with Crippen molar-refractivity contribution in [2.24, 2.45) is 0 Å². The predicted octanol–water partition coefficient (Wildman–Crippen LogP) is 8.02. The largest absolute Gasteiger partial charge is 0.354 e. The first kappa shape index (κ1) is 36.3. The molecule has 11 heteroatoms. The van der Waals surface area contributed by atoms with Crippen LogP contribution in [0, 0.1) is 13.8 Å². The van der Waals surface area contributed by atoms with Gasteiger partial charge in [-0.1, -0.05) is 108 Å². The molecular formula is C36H38Cl3N3O4S. The van der Waals surface area contributed by atoms with Gasteiger partial charge >= 0.3 is 0 Å². The number of amides is 2. The van der Waals surface area contributed by atoms with Crippen molar-refractivity contribution in [2.45, 2.75) is 57.5 Å². The minimum atomic E-state index is -4.26. The lowest BCUT2D eigenvalue weighted by Gasteiger charge is -2.34. The summed E-state index contributed by atoms with van der Waals surface area (Å²) in [4.78, 5) is 30.0. The average Bonchev–Trinajstić information content (AvgIpc) is 3.04. The predicted molar refractivity (Wildman–Crippen MR) is 191 cm³/mol. The van der Waals surface area contributed by atoms with E-state index in [1.54, 1.807) is 55.5 Å². The molecule has 4 aromatic carbocycles. The fraction of sp³-hybridized carbons (Fsp3) is 0.278. The summed E-state index contributed by atoms with van der Waals surface area (Å²) in [6.45, 7) is 5.34. The number of unbranched alkanes of at least 4 members (excludes halogenated alkanes) is 1. The van der Waals surface area contributed by atoms with E-state index in [0.29, 0.717) is 32.7 Å². The van der Waals surface area contributed by atoms with Gasteiger partial charge in [0.1, 0.15) is 12.6 Å². The fourth-order valence-electron chi connectivity index (χ4n) is 5.11. The van der Waals surface area contributed by atoms with Crippen LogP contribution in [0.5, 0.6) is 0 Å². The van der Waals surface area contributed by atoms with Crippen LogP contribution >= 0.6 is 34.8 Å². The van der Waals surface area contributed by atoms with E-state index in [2.05, 4.69) is 5.32 Å². The van der Waals surface area contributed by atoms with Crippen LogP contribution < -0.4 is 9.62 Å². The highest BCUT2D eigenvalue weighted by Gasteiger charge is 2.35. The molecule has 248 valence electrons. The van der Waals surface area contributed by atoms with Gasteiger partial charge < -0.3 is 10.2 Å². The highest BCUT2D eigenvalue weighted by atomic mass is 35.5. The van der Waals surface area contributed by atoms with Crippen molar-refractivity contribution in [1.82, 2.24) is 10.2 Å². The number of hydrogen-bond acceptors (Lipinski definition) is 4. The Morgan fingerprint density at radius 2 is 1.55 bits per heavy atom. The number of halogens is 3. The van der Waals surface area contributed by atoms with Crippen LogP contribution in [-0.2, 0) is 32.6 Å². The summed E-state index contributed by atoms with van der Waals surface area (Å²) in [6.07, 6.45) is 1.82. The molecule has 0 unspecified atom stereocenters. The van der Waals surface area contributed by atoms with Crippen LogP contribution in [0.25, 0.3) is 0 Å². The molecule has 1 atom stereocenters. The molecule has 4 rings (SSSR count). The fourth-order valence-corrected chi connectivity index (χ4v) is 7.22. The monoisotopic (exact) mass is 713 g/mol. The van der Waals surface area contributed by atoms with Gasteiger partial charge in [-0.25, -0.2) is 8.42 Å². The lowest BCUT2D eigenvalue weighted by molar-refractivity contribution is -0.140. The van der Waals surface area contributed by atoms with Gasteiger partial charge in [-0.15, -0.1) is 0 Å². The summed E-state index contributed by atoms with van der Waals surface area (Å²) in [5, 5.41) is 4.06. The van der Waals surface area contributed by atoms with Crippen LogP contribution in [0.1, 0.15) is 42.0 Å². The van der Waals surface area contributed by atoms with Gasteiger partial charge in [0.15, 0.2) is 0 Å². The topological polar surface area (TPSA) is 86.8 Å². The van der Waals surface area contributed by atoms with E-state index in [1.807, 2.05) is 44.2 Å². The molecule has 0 heterocycles. The number of aryl methyl sites for hydroxylation is 1. The first-order valence-corrected chi connectivity index (χ1v) is 17.9. The first-order valence-electron chi connectivity index (χ1n) is 15.3. The molecule has 7 nitrogen and oxygen atoms in total. The highest BCUT2D eigenvalue weighted by molar-refractivity contribution is 7.92. The lowest BCUT2D eigenvalue weighted by Crippen LogP contribution is -2.53. The zero-order valence-corrected chi connectivity index (χ0v) is 29.6. The van der Waals surface area contributed by atoms with E-state index in [0.717, 1.165) is 28.3 Å². The standard InChI is InChI=1S/C36H38Cl3N3O4S/c1-4-5-20-40-36(44)34(21-27-10-7-6-8-11-27)41(23-28-16-17-29(37)22-32(28)39)35(43)24-42(33-13-9-12-31(38)26(33)3)47(45,46)30-18-14-25(2)15-19-30/h6-19,22,34H,4-5,20-21,23-24H2,1-3H3,(H,40,44)/t34-/m0/s1. The molecule has 4 aromatic rings. The van der Waals surface area contributed by atoms with Gasteiger partial charge in [0.25, 0.3) is 10.0 Å². The average molecular weight is 715 g/mol. The highest BCUT2D eigenvalue weighted by Crippen LogP contribution is 2.32. The molecule has 2 amide bonds. The Morgan fingerprint density at radius 3 is 2.21 bits per heavy atom. The van der Waals surface area contributed by atoms with Gasteiger partial charge in [-0.2, -0.15) is 0 Å². The van der Waals surface area contributed by atoms with Gasteiger partial charge in [0.2, 0.25) is 11.8 Å². The Morgan fingerprint density at radius 1 is 0.851 bits per heavy atom. The third-order valence-corrected chi connectivity index (χ3v) is 10.6. The van der Waals surface area contributed by atoms with Gasteiger partial charge in [0.05, 0.1) is 10.6 Å². The van der Waals surface area contributed by atoms with E-state index in [1.165, 1.54) is 17.0 Å². The van der Waals surface area contributed by atoms with Crippen molar-refractivity contribution in [1.29, 1.82) is 0 Å². The summed E-state index contributed by atoms with van der Waals surface area (Å²) < 4.78 is 29.6. The Labute approximate surface area is 292 Å². The number of hydrogen-bond donors (Lipinski definition) is 1. The molecule has 0 radical (unpaired) electrons. The number of anilines is 1. The Bertz CT molecular complexity index is 1800. The zero-order valence-electron chi connectivity index (χ0n) is 26.5. The maximum Gasteiger partial charge on any atom is 0.264 e. The summed E-state index contributed by atoms with van der Waals surface area (Å²) in [5.41, 5.74) is 3.01. The molecule has 0 bridgehead atoms. The normalized spacial score (nSPS) is 12.0. The third-order valence-electron chi connectivity index (χ3n) is 7.85. The van der Waals surface area contributed by atoms with Crippen LogP contribution in [0.2, 0.25) is 15.1 Å². The number of nitrogens with zero attached hydrogens (tertiary/aromatic N) is 2.